The fourth-order valence-corrected chi connectivity index (χ4v) is 3.73. The summed E-state index contributed by atoms with van der Waals surface area (Å²) in [6.07, 6.45) is 0. The number of hydrogen-bond donors (Lipinski definition) is 2. The normalized spacial score (nSPS) is 17.1. The van der Waals surface area contributed by atoms with Crippen LogP contribution >= 0.6 is 0 Å². The summed E-state index contributed by atoms with van der Waals surface area (Å²) in [6.45, 7) is 11.8. The van der Waals surface area contributed by atoms with Crippen LogP contribution in [0.4, 0.5) is 16.2 Å². The number of phenolic OH excluding ortho intramolecular Hbond substituents is 1. The van der Waals surface area contributed by atoms with E-state index in [1.54, 1.807) is 12.1 Å². The van der Waals surface area contributed by atoms with Gasteiger partial charge in [-0.3, -0.25) is 25.1 Å². The van der Waals surface area contributed by atoms with Crippen LogP contribution in [0.15, 0.2) is 36.4 Å². The Morgan fingerprint density at radius 1 is 0.968 bits per heavy atom. The number of imide groups is 1. The van der Waals surface area contributed by atoms with E-state index in [0.717, 1.165) is 0 Å². The van der Waals surface area contributed by atoms with Gasteiger partial charge in [-0.1, -0.05) is 41.5 Å². The topological polar surface area (TPSA) is 113 Å². The summed E-state index contributed by atoms with van der Waals surface area (Å²) in [6, 6.07) is 7.42. The largest absolute Gasteiger partial charge is 0.507 e. The van der Waals surface area contributed by atoms with Gasteiger partial charge >= 0.3 is 6.03 Å². The van der Waals surface area contributed by atoms with Crippen LogP contribution in [0.2, 0.25) is 0 Å². The molecule has 3 amide bonds. The van der Waals surface area contributed by atoms with Gasteiger partial charge in [-0.05, 0) is 51.8 Å². The first kappa shape index (κ1) is 22.3. The molecule has 8 heteroatoms. The fraction of sp³-hybridized carbons (Fsp3) is 0.391. The summed E-state index contributed by atoms with van der Waals surface area (Å²) in [4.78, 5) is 37.2. The van der Waals surface area contributed by atoms with E-state index in [1.165, 1.54) is 29.2 Å². The minimum atomic E-state index is -0.961. The molecule has 0 aromatic heterocycles. The Bertz CT molecular complexity index is 1030. The number of nitro groups is 1. The van der Waals surface area contributed by atoms with Crippen molar-refractivity contribution in [1.29, 1.82) is 0 Å². The number of hydrogen-bond acceptors (Lipinski definition) is 5. The second-order valence-electron chi connectivity index (χ2n) is 9.81. The predicted molar refractivity (Wildman–Crippen MR) is 117 cm³/mol. The summed E-state index contributed by atoms with van der Waals surface area (Å²) in [5.41, 5.74) is 1.35. The van der Waals surface area contributed by atoms with Crippen molar-refractivity contribution in [3.05, 3.63) is 63.2 Å². The molecule has 0 radical (unpaired) electrons. The maximum Gasteiger partial charge on any atom is 0.329 e. The number of phenols is 1. The Kier molecular flexibility index (Phi) is 5.29. The molecule has 1 aliphatic rings. The second-order valence-corrected chi connectivity index (χ2v) is 9.81. The molecule has 3 rings (SSSR count). The lowest BCUT2D eigenvalue weighted by molar-refractivity contribution is -0.384. The average Bonchev–Trinajstić information content (AvgIpc) is 2.94. The molecule has 0 aliphatic carbocycles. The van der Waals surface area contributed by atoms with Gasteiger partial charge in [0, 0.05) is 17.8 Å². The zero-order valence-electron chi connectivity index (χ0n) is 18.5. The zero-order chi connectivity index (χ0) is 23.3. The Hall–Kier alpha value is -3.42. The molecule has 31 heavy (non-hydrogen) atoms. The van der Waals surface area contributed by atoms with Crippen molar-refractivity contribution in [2.75, 3.05) is 4.90 Å². The maximum atomic E-state index is 12.8. The standard InChI is InChI=1S/C23H27N3O5/c1-22(2,3)16-11-13(12-17(19(16)27)23(4,5)6)18-20(28)24-21(29)25(18)14-7-9-15(10-8-14)26(30)31/h7-12,18,27H,1-6H3,(H,24,28,29). The van der Waals surface area contributed by atoms with Crippen LogP contribution in [-0.4, -0.2) is 22.0 Å². The highest BCUT2D eigenvalue weighted by Gasteiger charge is 2.42. The first-order valence-electron chi connectivity index (χ1n) is 9.98. The highest BCUT2D eigenvalue weighted by atomic mass is 16.6. The van der Waals surface area contributed by atoms with E-state index in [9.17, 15) is 24.8 Å². The van der Waals surface area contributed by atoms with Gasteiger partial charge in [0.25, 0.3) is 11.6 Å². The first-order chi connectivity index (χ1) is 14.2. The molecule has 2 aromatic carbocycles. The second kappa shape index (κ2) is 7.37. The van der Waals surface area contributed by atoms with Crippen molar-refractivity contribution < 1.29 is 19.6 Å². The number of benzene rings is 2. The Labute approximate surface area is 181 Å². The van der Waals surface area contributed by atoms with E-state index in [1.807, 2.05) is 41.5 Å². The minimum absolute atomic E-state index is 0.110. The van der Waals surface area contributed by atoms with Gasteiger partial charge < -0.3 is 5.11 Å². The lowest BCUT2D eigenvalue weighted by atomic mass is 9.77. The molecule has 164 valence electrons. The van der Waals surface area contributed by atoms with E-state index in [0.29, 0.717) is 22.4 Å². The highest BCUT2D eigenvalue weighted by Crippen LogP contribution is 2.43. The summed E-state index contributed by atoms with van der Waals surface area (Å²) in [5.74, 6) is -0.316. The summed E-state index contributed by atoms with van der Waals surface area (Å²) < 4.78 is 0. The van der Waals surface area contributed by atoms with E-state index in [4.69, 9.17) is 0 Å². The zero-order valence-corrected chi connectivity index (χ0v) is 18.5. The predicted octanol–water partition coefficient (Wildman–Crippen LogP) is 4.69. The number of nitrogens with one attached hydrogen (secondary N) is 1. The molecule has 0 saturated carbocycles. The Morgan fingerprint density at radius 2 is 1.45 bits per heavy atom. The van der Waals surface area contributed by atoms with Crippen molar-refractivity contribution in [3.63, 3.8) is 0 Å². The first-order valence-corrected chi connectivity index (χ1v) is 9.98. The van der Waals surface area contributed by atoms with Gasteiger partial charge in [0.05, 0.1) is 4.92 Å². The number of anilines is 1. The molecule has 1 atom stereocenters. The van der Waals surface area contributed by atoms with Crippen LogP contribution in [-0.2, 0) is 15.6 Å². The van der Waals surface area contributed by atoms with Gasteiger partial charge in [0.2, 0.25) is 0 Å². The monoisotopic (exact) mass is 425 g/mol. The van der Waals surface area contributed by atoms with Crippen LogP contribution in [0.25, 0.3) is 0 Å². The number of amides is 3. The third-order valence-electron chi connectivity index (χ3n) is 5.36. The Balaban J connectivity index is 2.20. The quantitative estimate of drug-likeness (QED) is 0.421. The molecule has 1 unspecified atom stereocenters. The van der Waals surface area contributed by atoms with Crippen LogP contribution in [0.1, 0.15) is 64.3 Å². The molecule has 0 spiro atoms. The third kappa shape index (κ3) is 4.10. The van der Waals surface area contributed by atoms with Gasteiger partial charge in [-0.15, -0.1) is 0 Å². The van der Waals surface area contributed by atoms with E-state index < -0.39 is 33.7 Å². The lowest BCUT2D eigenvalue weighted by Crippen LogP contribution is -2.30. The molecule has 0 bridgehead atoms. The van der Waals surface area contributed by atoms with Gasteiger partial charge in [-0.2, -0.15) is 0 Å². The third-order valence-corrected chi connectivity index (χ3v) is 5.36. The van der Waals surface area contributed by atoms with Crippen LogP contribution in [0.5, 0.6) is 5.75 Å². The van der Waals surface area contributed by atoms with Crippen molar-refractivity contribution in [2.45, 2.75) is 58.4 Å². The van der Waals surface area contributed by atoms with E-state index in [2.05, 4.69) is 5.32 Å². The molecular weight excluding hydrogens is 398 g/mol. The number of rotatable bonds is 3. The molecule has 1 saturated heterocycles. The number of non-ortho nitro benzene ring substituents is 1. The highest BCUT2D eigenvalue weighted by molar-refractivity contribution is 6.14. The molecule has 8 nitrogen and oxygen atoms in total. The van der Waals surface area contributed by atoms with E-state index >= 15 is 0 Å². The number of aromatic hydroxyl groups is 1. The summed E-state index contributed by atoms with van der Waals surface area (Å²) in [7, 11) is 0. The number of urea groups is 1. The summed E-state index contributed by atoms with van der Waals surface area (Å²) in [5, 5.41) is 24.3. The van der Waals surface area contributed by atoms with Crippen molar-refractivity contribution >= 4 is 23.3 Å². The molecule has 2 N–H and O–H groups in total. The van der Waals surface area contributed by atoms with Crippen LogP contribution < -0.4 is 10.2 Å². The number of nitro benzene ring substituents is 1. The Morgan fingerprint density at radius 3 is 1.87 bits per heavy atom. The average molecular weight is 425 g/mol. The van der Waals surface area contributed by atoms with Crippen molar-refractivity contribution in [2.24, 2.45) is 0 Å². The van der Waals surface area contributed by atoms with Crippen molar-refractivity contribution in [1.82, 2.24) is 5.32 Å². The van der Waals surface area contributed by atoms with Crippen LogP contribution in [0, 0.1) is 10.1 Å². The molecule has 1 heterocycles. The summed E-state index contributed by atoms with van der Waals surface area (Å²) >= 11 is 0. The smallest absolute Gasteiger partial charge is 0.329 e. The number of nitrogens with zero attached hydrogens (tertiary/aromatic N) is 2. The molecule has 2 aromatic rings. The number of carbonyl (C=O) groups is 2. The van der Waals surface area contributed by atoms with Gasteiger partial charge in [0.15, 0.2) is 0 Å². The maximum absolute atomic E-state index is 12.8. The SMILES string of the molecule is CC(C)(C)c1cc(C2C(=O)NC(=O)N2c2ccc([N+](=O)[O-])cc2)cc(C(C)(C)C)c1O. The van der Waals surface area contributed by atoms with E-state index in [-0.39, 0.29) is 11.4 Å². The van der Waals surface area contributed by atoms with Gasteiger partial charge in [-0.25, -0.2) is 4.79 Å². The number of carbonyl (C=O) groups excluding carboxylic acids is 2. The molecule has 1 aliphatic heterocycles. The van der Waals surface area contributed by atoms with Crippen LogP contribution in [0.3, 0.4) is 0 Å². The molecule has 1 fully saturated rings. The van der Waals surface area contributed by atoms with Crippen molar-refractivity contribution in [3.8, 4) is 5.75 Å². The fourth-order valence-electron chi connectivity index (χ4n) is 3.73. The van der Waals surface area contributed by atoms with Gasteiger partial charge in [0.1, 0.15) is 11.8 Å². The lowest BCUT2D eigenvalue weighted by Gasteiger charge is -2.30. The minimum Gasteiger partial charge on any atom is -0.507 e. The molecular formula is C23H27N3O5.